The molecule has 3 nitrogen and oxygen atoms in total. The van der Waals surface area contributed by atoms with E-state index >= 15 is 4.39 Å². The first-order valence-electron chi connectivity index (χ1n) is 7.83. The molecule has 2 heterocycles. The molecule has 4 aromatic rings. The highest BCUT2D eigenvalue weighted by atomic mass is 19.1. The molecule has 0 saturated carbocycles. The van der Waals surface area contributed by atoms with Gasteiger partial charge in [-0.05, 0) is 30.2 Å². The standard InChI is InChI=1S/C21H13FN2O/c1-13-15(10-9-14-6-3-2-4-7-14)19(22)18-16-8-5-11-24-21(16)25-20(18)17(13)12-23/h2-11H,1H3/b10-9+. The molecule has 0 atom stereocenters. The van der Waals surface area contributed by atoms with Gasteiger partial charge in [0, 0.05) is 11.8 Å². The van der Waals surface area contributed by atoms with Crippen LogP contribution in [0.5, 0.6) is 0 Å². The van der Waals surface area contributed by atoms with Crippen molar-refractivity contribution in [2.45, 2.75) is 6.92 Å². The Bertz CT molecular complexity index is 1170. The molecule has 0 fully saturated rings. The molecule has 0 radical (unpaired) electrons. The molecule has 0 aliphatic rings. The molecule has 0 N–H and O–H groups in total. The average Bonchev–Trinajstić information content (AvgIpc) is 3.02. The van der Waals surface area contributed by atoms with Crippen molar-refractivity contribution in [3.05, 3.63) is 76.7 Å². The van der Waals surface area contributed by atoms with Crippen molar-refractivity contribution in [1.29, 1.82) is 5.26 Å². The molecule has 25 heavy (non-hydrogen) atoms. The molecule has 0 bridgehead atoms. The number of pyridine rings is 1. The fraction of sp³-hybridized carbons (Fsp3) is 0.0476. The number of rotatable bonds is 2. The van der Waals surface area contributed by atoms with E-state index in [9.17, 15) is 5.26 Å². The van der Waals surface area contributed by atoms with Gasteiger partial charge in [-0.15, -0.1) is 0 Å². The Labute approximate surface area is 143 Å². The predicted octanol–water partition coefficient (Wildman–Crippen LogP) is 5.47. The normalized spacial score (nSPS) is 11.4. The SMILES string of the molecule is Cc1c(/C=C/c2ccccc2)c(F)c2c(oc3ncccc32)c1C#N. The van der Waals surface area contributed by atoms with Gasteiger partial charge in [-0.3, -0.25) is 0 Å². The summed E-state index contributed by atoms with van der Waals surface area (Å²) in [6, 6.07) is 15.2. The largest absolute Gasteiger partial charge is 0.436 e. The lowest BCUT2D eigenvalue weighted by atomic mass is 9.97. The molecular weight excluding hydrogens is 315 g/mol. The van der Waals surface area contributed by atoms with Crippen LogP contribution >= 0.6 is 0 Å². The second-order valence-corrected chi connectivity index (χ2v) is 5.75. The molecule has 0 unspecified atom stereocenters. The van der Waals surface area contributed by atoms with E-state index in [1.165, 1.54) is 0 Å². The van der Waals surface area contributed by atoms with Gasteiger partial charge < -0.3 is 4.42 Å². The molecule has 0 amide bonds. The minimum absolute atomic E-state index is 0.253. The van der Waals surface area contributed by atoms with Gasteiger partial charge in [-0.2, -0.15) is 5.26 Å². The summed E-state index contributed by atoms with van der Waals surface area (Å²) >= 11 is 0. The second-order valence-electron chi connectivity index (χ2n) is 5.75. The lowest BCUT2D eigenvalue weighted by Crippen LogP contribution is -1.94. The molecule has 120 valence electrons. The molecule has 0 spiro atoms. The molecule has 0 saturated heterocycles. The summed E-state index contributed by atoms with van der Waals surface area (Å²) in [4.78, 5) is 4.13. The highest BCUT2D eigenvalue weighted by Crippen LogP contribution is 2.36. The summed E-state index contributed by atoms with van der Waals surface area (Å²) < 4.78 is 20.9. The number of hydrogen-bond acceptors (Lipinski definition) is 3. The fourth-order valence-corrected chi connectivity index (χ4v) is 3.01. The van der Waals surface area contributed by atoms with Crippen molar-refractivity contribution in [2.75, 3.05) is 0 Å². The van der Waals surface area contributed by atoms with E-state index in [-0.39, 0.29) is 5.58 Å². The third kappa shape index (κ3) is 2.38. The fourth-order valence-electron chi connectivity index (χ4n) is 3.01. The number of hydrogen-bond donors (Lipinski definition) is 0. The van der Waals surface area contributed by atoms with Gasteiger partial charge in [-0.25, -0.2) is 9.37 Å². The van der Waals surface area contributed by atoms with Gasteiger partial charge in [0.05, 0.1) is 16.3 Å². The summed E-state index contributed by atoms with van der Waals surface area (Å²) in [7, 11) is 0. The zero-order valence-corrected chi connectivity index (χ0v) is 13.5. The zero-order valence-electron chi connectivity index (χ0n) is 13.5. The van der Waals surface area contributed by atoms with Crippen molar-refractivity contribution < 1.29 is 8.81 Å². The minimum atomic E-state index is -0.398. The molecule has 2 aromatic carbocycles. The Hall–Kier alpha value is -3.45. The van der Waals surface area contributed by atoms with Crippen LogP contribution in [0.25, 0.3) is 34.2 Å². The number of furan rings is 1. The quantitative estimate of drug-likeness (QED) is 0.458. The van der Waals surface area contributed by atoms with E-state index in [1.54, 1.807) is 31.3 Å². The third-order valence-electron chi connectivity index (χ3n) is 4.28. The van der Waals surface area contributed by atoms with Crippen LogP contribution in [-0.4, -0.2) is 4.98 Å². The van der Waals surface area contributed by atoms with Gasteiger partial charge >= 0.3 is 0 Å². The summed E-state index contributed by atoms with van der Waals surface area (Å²) in [5.74, 6) is -0.398. The maximum absolute atomic E-state index is 15.3. The van der Waals surface area contributed by atoms with Crippen LogP contribution in [0, 0.1) is 24.1 Å². The van der Waals surface area contributed by atoms with Crippen molar-refractivity contribution in [1.82, 2.24) is 4.98 Å². The van der Waals surface area contributed by atoms with Crippen LogP contribution in [0.1, 0.15) is 22.3 Å². The molecule has 0 aliphatic heterocycles. The summed E-state index contributed by atoms with van der Waals surface area (Å²) in [6.07, 6.45) is 5.12. The topological polar surface area (TPSA) is 49.8 Å². The van der Waals surface area contributed by atoms with E-state index in [1.807, 2.05) is 36.4 Å². The maximum Gasteiger partial charge on any atom is 0.227 e. The van der Waals surface area contributed by atoms with Crippen molar-refractivity contribution in [2.24, 2.45) is 0 Å². The van der Waals surface area contributed by atoms with Crippen LogP contribution in [0.2, 0.25) is 0 Å². The number of benzene rings is 2. The van der Waals surface area contributed by atoms with Gasteiger partial charge in [0.25, 0.3) is 0 Å². The Balaban J connectivity index is 2.03. The van der Waals surface area contributed by atoms with E-state index in [2.05, 4.69) is 11.1 Å². The van der Waals surface area contributed by atoms with Crippen LogP contribution in [0.3, 0.4) is 0 Å². The summed E-state index contributed by atoms with van der Waals surface area (Å²) in [6.45, 7) is 1.73. The van der Waals surface area contributed by atoms with Crippen molar-refractivity contribution in [3.63, 3.8) is 0 Å². The first kappa shape index (κ1) is 15.1. The molecular formula is C21H13FN2O. The van der Waals surface area contributed by atoms with Crippen molar-refractivity contribution >= 4 is 34.2 Å². The molecule has 4 heteroatoms. The van der Waals surface area contributed by atoms with Crippen LogP contribution < -0.4 is 0 Å². The minimum Gasteiger partial charge on any atom is -0.436 e. The predicted molar refractivity (Wildman–Crippen MR) is 96.3 cm³/mol. The second kappa shape index (κ2) is 5.88. The van der Waals surface area contributed by atoms with Gasteiger partial charge in [0.1, 0.15) is 11.9 Å². The number of aromatic nitrogens is 1. The number of fused-ring (bicyclic) bond motifs is 3. The van der Waals surface area contributed by atoms with Gasteiger partial charge in [0.15, 0.2) is 5.58 Å². The van der Waals surface area contributed by atoms with E-state index in [4.69, 9.17) is 4.42 Å². The summed E-state index contributed by atoms with van der Waals surface area (Å²) in [5.41, 5.74) is 2.82. The number of halogens is 1. The highest BCUT2D eigenvalue weighted by Gasteiger charge is 2.21. The Morgan fingerprint density at radius 1 is 1.12 bits per heavy atom. The van der Waals surface area contributed by atoms with Gasteiger partial charge in [-0.1, -0.05) is 42.5 Å². The van der Waals surface area contributed by atoms with Crippen LogP contribution in [0.15, 0.2) is 53.1 Å². The molecule has 0 aliphatic carbocycles. The Morgan fingerprint density at radius 3 is 2.68 bits per heavy atom. The average molecular weight is 328 g/mol. The number of nitrogens with zero attached hydrogens (tertiary/aromatic N) is 2. The van der Waals surface area contributed by atoms with Gasteiger partial charge in [0.2, 0.25) is 5.71 Å². The lowest BCUT2D eigenvalue weighted by molar-refractivity contribution is 0.626. The molecule has 2 aromatic heterocycles. The van der Waals surface area contributed by atoms with E-state index < -0.39 is 5.82 Å². The van der Waals surface area contributed by atoms with Crippen LogP contribution in [-0.2, 0) is 0 Å². The monoisotopic (exact) mass is 328 g/mol. The van der Waals surface area contributed by atoms with E-state index in [0.717, 1.165) is 5.56 Å². The lowest BCUT2D eigenvalue weighted by Gasteiger charge is -2.07. The summed E-state index contributed by atoms with van der Waals surface area (Å²) in [5, 5.41) is 10.4. The smallest absolute Gasteiger partial charge is 0.227 e. The molecule has 4 rings (SSSR count). The van der Waals surface area contributed by atoms with Crippen molar-refractivity contribution in [3.8, 4) is 6.07 Å². The number of nitriles is 1. The third-order valence-corrected chi connectivity index (χ3v) is 4.28. The first-order valence-corrected chi connectivity index (χ1v) is 7.83. The zero-order chi connectivity index (χ0) is 17.4. The maximum atomic E-state index is 15.3. The Kier molecular flexibility index (Phi) is 3.55. The van der Waals surface area contributed by atoms with Crippen LogP contribution in [0.4, 0.5) is 4.39 Å². The van der Waals surface area contributed by atoms with E-state index in [0.29, 0.717) is 33.2 Å². The Morgan fingerprint density at radius 2 is 1.92 bits per heavy atom. The first-order chi connectivity index (χ1) is 12.2. The highest BCUT2D eigenvalue weighted by molar-refractivity contribution is 6.07.